The average Bonchev–Trinajstić information content (AvgIpc) is 3.20. The highest BCUT2D eigenvalue weighted by Gasteiger charge is 2.41. The summed E-state index contributed by atoms with van der Waals surface area (Å²) < 4.78 is 42.4. The number of anilines is 2. The third-order valence-electron chi connectivity index (χ3n) is 4.69. The minimum atomic E-state index is -4.22. The molecule has 0 atom stereocenters. The summed E-state index contributed by atoms with van der Waals surface area (Å²) in [7, 11) is -2.74. The lowest BCUT2D eigenvalue weighted by molar-refractivity contribution is -0.111. The van der Waals surface area contributed by atoms with Crippen molar-refractivity contribution in [2.45, 2.75) is 18.7 Å². The van der Waals surface area contributed by atoms with E-state index in [1.165, 1.54) is 36.4 Å². The van der Waals surface area contributed by atoms with E-state index in [9.17, 15) is 13.2 Å². The first-order valence-corrected chi connectivity index (χ1v) is 11.1. The molecule has 0 radical (unpaired) electrons. The fourth-order valence-electron chi connectivity index (χ4n) is 3.32. The van der Waals surface area contributed by atoms with Gasteiger partial charge in [0, 0.05) is 12.3 Å². The van der Waals surface area contributed by atoms with Gasteiger partial charge in [-0.3, -0.25) is 15.1 Å². The molecule has 32 heavy (non-hydrogen) atoms. The number of benzene rings is 2. The number of amides is 1. The van der Waals surface area contributed by atoms with Gasteiger partial charge in [-0.25, -0.2) is 8.42 Å². The van der Waals surface area contributed by atoms with Crippen molar-refractivity contribution in [2.24, 2.45) is 5.10 Å². The topological polar surface area (TPSA) is 123 Å². The number of hydrogen-bond acceptors (Lipinski definition) is 9. The van der Waals surface area contributed by atoms with Crippen LogP contribution in [0.4, 0.5) is 11.5 Å². The first-order chi connectivity index (χ1) is 15.4. The Labute approximate surface area is 184 Å². The SMILES string of the molecule is C/C=C/N1C(=O)C(=NNc2noc3cccc(OC)c23)S(=O)(=O)c2ccc(OCC)cc21. The monoisotopic (exact) mass is 456 g/mol. The number of methoxy groups -OCH3 is 1. The predicted octanol–water partition coefficient (Wildman–Crippen LogP) is 3.31. The van der Waals surface area contributed by atoms with Gasteiger partial charge in [-0.1, -0.05) is 17.3 Å². The van der Waals surface area contributed by atoms with E-state index in [-0.39, 0.29) is 16.4 Å². The predicted molar refractivity (Wildman–Crippen MR) is 119 cm³/mol. The van der Waals surface area contributed by atoms with Crippen molar-refractivity contribution in [2.75, 3.05) is 24.0 Å². The van der Waals surface area contributed by atoms with Crippen LogP contribution in [-0.4, -0.2) is 38.2 Å². The van der Waals surface area contributed by atoms with E-state index in [0.29, 0.717) is 29.1 Å². The molecular formula is C21H20N4O6S. The molecule has 1 aromatic heterocycles. The van der Waals surface area contributed by atoms with Crippen molar-refractivity contribution < 1.29 is 27.2 Å². The molecule has 2 heterocycles. The van der Waals surface area contributed by atoms with Crippen LogP contribution in [0.15, 0.2) is 63.2 Å². The average molecular weight is 456 g/mol. The van der Waals surface area contributed by atoms with Crippen LogP contribution >= 0.6 is 0 Å². The molecule has 0 bridgehead atoms. The normalized spacial score (nSPS) is 16.5. The van der Waals surface area contributed by atoms with Gasteiger partial charge in [0.1, 0.15) is 16.9 Å². The second-order valence-corrected chi connectivity index (χ2v) is 8.45. The summed E-state index contributed by atoms with van der Waals surface area (Å²) >= 11 is 0. The molecule has 11 heteroatoms. The summed E-state index contributed by atoms with van der Waals surface area (Å²) in [6, 6.07) is 9.52. The third kappa shape index (κ3) is 3.46. The number of carbonyl (C=O) groups excluding carboxylic acids is 1. The van der Waals surface area contributed by atoms with Crippen molar-refractivity contribution in [1.82, 2.24) is 5.16 Å². The van der Waals surface area contributed by atoms with Crippen LogP contribution in [-0.2, 0) is 14.6 Å². The zero-order valence-corrected chi connectivity index (χ0v) is 18.3. The smallest absolute Gasteiger partial charge is 0.295 e. The summed E-state index contributed by atoms with van der Waals surface area (Å²) in [6.07, 6.45) is 3.09. The molecular weight excluding hydrogens is 436 g/mol. The van der Waals surface area contributed by atoms with Crippen LogP contribution < -0.4 is 19.8 Å². The number of sulfone groups is 1. The third-order valence-corrected chi connectivity index (χ3v) is 6.39. The number of fused-ring (bicyclic) bond motifs is 2. The maximum atomic E-state index is 13.2. The van der Waals surface area contributed by atoms with Crippen molar-refractivity contribution in [3.05, 3.63) is 48.7 Å². The Morgan fingerprint density at radius 1 is 1.28 bits per heavy atom. The summed E-state index contributed by atoms with van der Waals surface area (Å²) in [6.45, 7) is 3.92. The summed E-state index contributed by atoms with van der Waals surface area (Å²) in [5.74, 6) is 0.191. The first-order valence-electron chi connectivity index (χ1n) is 9.66. The van der Waals surface area contributed by atoms with E-state index in [4.69, 9.17) is 14.0 Å². The molecule has 0 saturated carbocycles. The van der Waals surface area contributed by atoms with Crippen LogP contribution in [0.5, 0.6) is 11.5 Å². The van der Waals surface area contributed by atoms with Gasteiger partial charge in [0.25, 0.3) is 5.91 Å². The van der Waals surface area contributed by atoms with E-state index in [1.54, 1.807) is 31.2 Å². The second-order valence-electron chi connectivity index (χ2n) is 6.62. The van der Waals surface area contributed by atoms with Crippen LogP contribution in [0.2, 0.25) is 0 Å². The van der Waals surface area contributed by atoms with Gasteiger partial charge in [-0.05, 0) is 38.1 Å². The van der Waals surface area contributed by atoms with Crippen LogP contribution in [0, 0.1) is 0 Å². The Balaban J connectivity index is 1.81. The highest BCUT2D eigenvalue weighted by atomic mass is 32.2. The molecule has 1 aliphatic rings. The maximum absolute atomic E-state index is 13.2. The second kappa shape index (κ2) is 8.35. The molecule has 166 valence electrons. The Morgan fingerprint density at radius 2 is 2.09 bits per heavy atom. The van der Waals surface area contributed by atoms with Gasteiger partial charge >= 0.3 is 0 Å². The van der Waals surface area contributed by atoms with E-state index in [2.05, 4.69) is 15.7 Å². The van der Waals surface area contributed by atoms with Gasteiger partial charge in [0.05, 0.1) is 24.3 Å². The number of nitrogens with one attached hydrogen (secondary N) is 1. The van der Waals surface area contributed by atoms with Crippen molar-refractivity contribution in [3.8, 4) is 11.5 Å². The molecule has 1 aliphatic heterocycles. The van der Waals surface area contributed by atoms with Gasteiger partial charge in [0.15, 0.2) is 5.58 Å². The van der Waals surface area contributed by atoms with Gasteiger partial charge in [-0.15, -0.1) is 0 Å². The van der Waals surface area contributed by atoms with E-state index in [0.717, 1.165) is 0 Å². The Kier molecular flexibility index (Phi) is 5.57. The number of hydrogen-bond donors (Lipinski definition) is 1. The number of rotatable bonds is 6. The molecule has 0 aliphatic carbocycles. The fourth-order valence-corrected chi connectivity index (χ4v) is 4.70. The van der Waals surface area contributed by atoms with Gasteiger partial charge in [0.2, 0.25) is 20.7 Å². The minimum absolute atomic E-state index is 0.0678. The van der Waals surface area contributed by atoms with E-state index in [1.807, 2.05) is 6.92 Å². The molecule has 1 amide bonds. The molecule has 0 unspecified atom stereocenters. The van der Waals surface area contributed by atoms with Crippen LogP contribution in [0.3, 0.4) is 0 Å². The fraction of sp³-hybridized carbons (Fsp3) is 0.190. The maximum Gasteiger partial charge on any atom is 0.295 e. The highest BCUT2D eigenvalue weighted by Crippen LogP contribution is 2.36. The molecule has 0 saturated heterocycles. The van der Waals surface area contributed by atoms with Crippen LogP contribution in [0.25, 0.3) is 11.0 Å². The number of nitrogens with zero attached hydrogens (tertiary/aromatic N) is 3. The molecule has 0 fully saturated rings. The molecule has 1 N–H and O–H groups in total. The summed E-state index contributed by atoms with van der Waals surface area (Å²) in [5.41, 5.74) is 3.15. The molecule has 4 rings (SSSR count). The Morgan fingerprint density at radius 3 is 2.81 bits per heavy atom. The summed E-state index contributed by atoms with van der Waals surface area (Å²) in [5, 5.41) is 7.57. The number of hydrazone groups is 1. The number of allylic oxidation sites excluding steroid dienone is 1. The van der Waals surface area contributed by atoms with Crippen molar-refractivity contribution in [3.63, 3.8) is 0 Å². The van der Waals surface area contributed by atoms with E-state index < -0.39 is 20.8 Å². The van der Waals surface area contributed by atoms with Gasteiger partial charge < -0.3 is 14.0 Å². The first kappa shape index (κ1) is 21.4. The Bertz CT molecular complexity index is 1360. The number of carbonyl (C=O) groups is 1. The van der Waals surface area contributed by atoms with E-state index >= 15 is 0 Å². The lowest BCUT2D eigenvalue weighted by atomic mass is 10.2. The molecule has 3 aromatic rings. The van der Waals surface area contributed by atoms with Crippen LogP contribution in [0.1, 0.15) is 13.8 Å². The van der Waals surface area contributed by atoms with Crippen molar-refractivity contribution in [1.29, 1.82) is 0 Å². The lowest BCUT2D eigenvalue weighted by Gasteiger charge is -2.27. The molecule has 0 spiro atoms. The largest absolute Gasteiger partial charge is 0.496 e. The summed E-state index contributed by atoms with van der Waals surface area (Å²) in [4.78, 5) is 14.3. The quantitative estimate of drug-likeness (QED) is 0.561. The Hall–Kier alpha value is -3.86. The zero-order valence-electron chi connectivity index (χ0n) is 17.5. The molecule has 2 aromatic carbocycles. The minimum Gasteiger partial charge on any atom is -0.496 e. The number of aromatic nitrogens is 1. The lowest BCUT2D eigenvalue weighted by Crippen LogP contribution is -2.42. The van der Waals surface area contributed by atoms with Gasteiger partial charge in [-0.2, -0.15) is 5.10 Å². The standard InChI is InChI=1S/C21H20N4O6S/c1-4-11-25-14-12-13(30-5-2)9-10-17(14)32(27,28)20(21(25)26)23-22-19-18-15(29-3)7-6-8-16(18)31-24-19/h4,6-12H,5H2,1-3H3,(H,22,24)/b11-4+,23-20?. The molecule has 10 nitrogen and oxygen atoms in total. The zero-order chi connectivity index (χ0) is 22.9. The van der Waals surface area contributed by atoms with Crippen molar-refractivity contribution >= 4 is 43.3 Å². The number of ether oxygens (including phenoxy) is 2. The highest BCUT2D eigenvalue weighted by molar-refractivity contribution is 8.08.